The van der Waals surface area contributed by atoms with Gasteiger partial charge in [0.25, 0.3) is 0 Å². The van der Waals surface area contributed by atoms with E-state index in [0.29, 0.717) is 6.54 Å². The Morgan fingerprint density at radius 2 is 2.28 bits per heavy atom. The molecule has 0 spiro atoms. The van der Waals surface area contributed by atoms with E-state index in [1.807, 2.05) is 24.3 Å². The monoisotopic (exact) mass is 243 g/mol. The van der Waals surface area contributed by atoms with Crippen LogP contribution in [0.4, 0.5) is 17.3 Å². The number of nitrogens with zero attached hydrogens (tertiary/aromatic N) is 2. The summed E-state index contributed by atoms with van der Waals surface area (Å²) in [6.07, 6.45) is 1.53. The van der Waals surface area contributed by atoms with E-state index in [2.05, 4.69) is 26.1 Å². The van der Waals surface area contributed by atoms with Gasteiger partial charge in [-0.25, -0.2) is 15.4 Å². The standard InChI is InChI=1S/C12H13N5O/c1-18-9-4-2-3-8(5-9)16-11-10-6-15-17-12(10)14-7-13-11/h2-5,7,15H,6H2,1H3,(H2,13,14,16,17). The van der Waals surface area contributed by atoms with E-state index in [4.69, 9.17) is 4.74 Å². The number of hydrogen-bond acceptors (Lipinski definition) is 6. The van der Waals surface area contributed by atoms with Gasteiger partial charge in [-0.1, -0.05) is 6.07 Å². The lowest BCUT2D eigenvalue weighted by Gasteiger charge is -2.09. The lowest BCUT2D eigenvalue weighted by molar-refractivity contribution is 0.415. The van der Waals surface area contributed by atoms with E-state index in [1.54, 1.807) is 7.11 Å². The van der Waals surface area contributed by atoms with Gasteiger partial charge in [-0.15, -0.1) is 0 Å². The summed E-state index contributed by atoms with van der Waals surface area (Å²) in [5.74, 6) is 2.42. The highest BCUT2D eigenvalue weighted by Crippen LogP contribution is 2.26. The van der Waals surface area contributed by atoms with Crippen molar-refractivity contribution in [2.75, 3.05) is 17.9 Å². The van der Waals surface area contributed by atoms with E-state index >= 15 is 0 Å². The summed E-state index contributed by atoms with van der Waals surface area (Å²) >= 11 is 0. The Labute approximate surface area is 104 Å². The van der Waals surface area contributed by atoms with Gasteiger partial charge in [0.2, 0.25) is 0 Å². The molecule has 2 heterocycles. The normalized spacial score (nSPS) is 12.7. The maximum absolute atomic E-state index is 5.19. The maximum atomic E-state index is 5.19. The lowest BCUT2D eigenvalue weighted by atomic mass is 10.2. The minimum Gasteiger partial charge on any atom is -0.497 e. The Hall–Kier alpha value is -2.34. The largest absolute Gasteiger partial charge is 0.497 e. The third-order valence-electron chi connectivity index (χ3n) is 2.75. The third-order valence-corrected chi connectivity index (χ3v) is 2.75. The molecule has 6 nitrogen and oxygen atoms in total. The number of hydrogen-bond donors (Lipinski definition) is 3. The molecule has 1 aromatic heterocycles. The first kappa shape index (κ1) is 10.8. The number of anilines is 3. The number of fused-ring (bicyclic) bond motifs is 1. The van der Waals surface area contributed by atoms with E-state index in [-0.39, 0.29) is 0 Å². The smallest absolute Gasteiger partial charge is 0.150 e. The van der Waals surface area contributed by atoms with Gasteiger partial charge >= 0.3 is 0 Å². The molecule has 0 amide bonds. The second-order valence-electron chi connectivity index (χ2n) is 3.88. The average molecular weight is 243 g/mol. The van der Waals surface area contributed by atoms with E-state index in [0.717, 1.165) is 28.6 Å². The fraction of sp³-hybridized carbons (Fsp3) is 0.167. The number of aromatic nitrogens is 2. The number of benzene rings is 1. The molecule has 0 radical (unpaired) electrons. The molecular formula is C12H13N5O. The van der Waals surface area contributed by atoms with Crippen LogP contribution in [0.3, 0.4) is 0 Å². The molecule has 18 heavy (non-hydrogen) atoms. The third kappa shape index (κ3) is 1.93. The van der Waals surface area contributed by atoms with Crippen molar-refractivity contribution in [2.45, 2.75) is 6.54 Å². The predicted octanol–water partition coefficient (Wildman–Crippen LogP) is 1.66. The quantitative estimate of drug-likeness (QED) is 0.761. The van der Waals surface area contributed by atoms with Crippen LogP contribution in [0, 0.1) is 0 Å². The van der Waals surface area contributed by atoms with Crippen LogP contribution in [-0.4, -0.2) is 17.1 Å². The molecule has 0 saturated carbocycles. The van der Waals surface area contributed by atoms with Gasteiger partial charge in [0.1, 0.15) is 23.7 Å². The van der Waals surface area contributed by atoms with Gasteiger partial charge in [0.05, 0.1) is 12.7 Å². The molecule has 0 fully saturated rings. The molecule has 1 aromatic carbocycles. The Kier molecular flexibility index (Phi) is 2.70. The van der Waals surface area contributed by atoms with E-state index in [1.165, 1.54) is 6.33 Å². The Morgan fingerprint density at radius 3 is 3.17 bits per heavy atom. The van der Waals surface area contributed by atoms with Crippen LogP contribution in [-0.2, 0) is 6.54 Å². The Bertz CT molecular complexity index is 572. The summed E-state index contributed by atoms with van der Waals surface area (Å²) in [7, 11) is 1.65. The molecule has 3 N–H and O–H groups in total. The van der Waals surface area contributed by atoms with Crippen molar-refractivity contribution < 1.29 is 4.74 Å². The van der Waals surface area contributed by atoms with Crippen molar-refractivity contribution in [1.82, 2.24) is 15.4 Å². The van der Waals surface area contributed by atoms with Gasteiger partial charge in [-0.3, -0.25) is 0 Å². The fourth-order valence-electron chi connectivity index (χ4n) is 1.85. The van der Waals surface area contributed by atoms with Crippen LogP contribution >= 0.6 is 0 Å². The zero-order chi connectivity index (χ0) is 12.4. The van der Waals surface area contributed by atoms with Gasteiger partial charge in [-0.2, -0.15) is 0 Å². The summed E-state index contributed by atoms with van der Waals surface area (Å²) in [5.41, 5.74) is 7.96. The number of hydrazine groups is 1. The molecule has 0 unspecified atom stereocenters. The summed E-state index contributed by atoms with van der Waals surface area (Å²) in [6.45, 7) is 0.697. The average Bonchev–Trinajstić information content (AvgIpc) is 2.88. The van der Waals surface area contributed by atoms with E-state index in [9.17, 15) is 0 Å². The molecule has 0 bridgehead atoms. The van der Waals surface area contributed by atoms with Crippen LogP contribution in [0.2, 0.25) is 0 Å². The zero-order valence-electron chi connectivity index (χ0n) is 9.90. The molecular weight excluding hydrogens is 230 g/mol. The first-order chi connectivity index (χ1) is 8.86. The minimum atomic E-state index is 0.697. The zero-order valence-corrected chi connectivity index (χ0v) is 9.90. The van der Waals surface area contributed by atoms with Gasteiger partial charge in [0.15, 0.2) is 0 Å². The highest BCUT2D eigenvalue weighted by Gasteiger charge is 2.16. The van der Waals surface area contributed by atoms with Crippen molar-refractivity contribution in [3.8, 4) is 5.75 Å². The van der Waals surface area contributed by atoms with E-state index < -0.39 is 0 Å². The minimum absolute atomic E-state index is 0.697. The van der Waals surface area contributed by atoms with Crippen molar-refractivity contribution in [1.29, 1.82) is 0 Å². The summed E-state index contributed by atoms with van der Waals surface area (Å²) in [6, 6.07) is 7.72. The molecule has 1 aliphatic heterocycles. The predicted molar refractivity (Wildman–Crippen MR) is 68.8 cm³/mol. The number of ether oxygens (including phenoxy) is 1. The highest BCUT2D eigenvalue weighted by atomic mass is 16.5. The van der Waals surface area contributed by atoms with Crippen LogP contribution < -0.4 is 20.9 Å². The second kappa shape index (κ2) is 4.50. The molecule has 0 atom stereocenters. The SMILES string of the molecule is COc1cccc(Nc2ncnc3c2CNN3)c1. The van der Waals surface area contributed by atoms with Crippen molar-refractivity contribution in [3.05, 3.63) is 36.2 Å². The summed E-state index contributed by atoms with van der Waals surface area (Å²) in [5, 5.41) is 3.27. The maximum Gasteiger partial charge on any atom is 0.150 e. The first-order valence-electron chi connectivity index (χ1n) is 5.60. The van der Waals surface area contributed by atoms with Crippen LogP contribution in [0.1, 0.15) is 5.56 Å². The van der Waals surface area contributed by atoms with Crippen LogP contribution in [0.15, 0.2) is 30.6 Å². The Morgan fingerprint density at radius 1 is 1.33 bits per heavy atom. The summed E-state index contributed by atoms with van der Waals surface area (Å²) in [4.78, 5) is 8.40. The number of nitrogens with one attached hydrogen (secondary N) is 3. The molecule has 3 rings (SSSR count). The lowest BCUT2D eigenvalue weighted by Crippen LogP contribution is -2.11. The van der Waals surface area contributed by atoms with Crippen molar-refractivity contribution in [3.63, 3.8) is 0 Å². The van der Waals surface area contributed by atoms with Crippen molar-refractivity contribution in [2.24, 2.45) is 0 Å². The fourth-order valence-corrected chi connectivity index (χ4v) is 1.85. The van der Waals surface area contributed by atoms with Gasteiger partial charge in [0, 0.05) is 18.3 Å². The first-order valence-corrected chi connectivity index (χ1v) is 5.60. The van der Waals surface area contributed by atoms with Crippen LogP contribution in [0.5, 0.6) is 5.75 Å². The van der Waals surface area contributed by atoms with Gasteiger partial charge < -0.3 is 15.5 Å². The topological polar surface area (TPSA) is 71.1 Å². The molecule has 1 aliphatic rings. The molecule has 2 aromatic rings. The molecule has 6 heteroatoms. The molecule has 92 valence electrons. The Balaban J connectivity index is 1.90. The van der Waals surface area contributed by atoms with Gasteiger partial charge in [-0.05, 0) is 12.1 Å². The number of rotatable bonds is 3. The number of methoxy groups -OCH3 is 1. The van der Waals surface area contributed by atoms with Crippen LogP contribution in [0.25, 0.3) is 0 Å². The second-order valence-corrected chi connectivity index (χ2v) is 3.88. The summed E-state index contributed by atoms with van der Waals surface area (Å²) < 4.78 is 5.19. The molecule has 0 aliphatic carbocycles. The van der Waals surface area contributed by atoms with Crippen molar-refractivity contribution >= 4 is 17.3 Å². The highest BCUT2D eigenvalue weighted by molar-refractivity contribution is 5.66. The molecule has 0 saturated heterocycles.